The van der Waals surface area contributed by atoms with Crippen LogP contribution in [-0.4, -0.2) is 38.8 Å². The number of piperidine rings is 1. The monoisotopic (exact) mass is 386 g/mol. The fourth-order valence-corrected chi connectivity index (χ4v) is 3.63. The summed E-state index contributed by atoms with van der Waals surface area (Å²) in [5, 5.41) is 3.22. The lowest BCUT2D eigenvalue weighted by molar-refractivity contribution is 0.0512. The van der Waals surface area contributed by atoms with E-state index in [9.17, 15) is 9.59 Å². The minimum Gasteiger partial charge on any atom is -0.333 e. The minimum atomic E-state index is -0.418. The summed E-state index contributed by atoms with van der Waals surface area (Å²) in [4.78, 5) is 35.8. The van der Waals surface area contributed by atoms with E-state index in [4.69, 9.17) is 11.6 Å². The summed E-state index contributed by atoms with van der Waals surface area (Å²) in [6, 6.07) is 5.19. The number of carbonyl (C=O) groups is 2. The Morgan fingerprint density at radius 1 is 1.15 bits per heavy atom. The Morgan fingerprint density at radius 3 is 2.48 bits per heavy atom. The van der Waals surface area contributed by atoms with Gasteiger partial charge in [0.15, 0.2) is 0 Å². The van der Waals surface area contributed by atoms with Crippen LogP contribution < -0.4 is 5.32 Å². The fraction of sp³-hybridized carbons (Fsp3) is 0.400. The van der Waals surface area contributed by atoms with Crippen molar-refractivity contribution in [3.8, 4) is 0 Å². The molecule has 7 heteroatoms. The normalized spacial score (nSPS) is 19.6. The summed E-state index contributed by atoms with van der Waals surface area (Å²) < 4.78 is 0. The number of amides is 2. The Morgan fingerprint density at radius 2 is 1.85 bits per heavy atom. The van der Waals surface area contributed by atoms with Crippen molar-refractivity contribution in [2.24, 2.45) is 0 Å². The molecule has 2 atom stereocenters. The van der Waals surface area contributed by atoms with E-state index < -0.39 is 5.91 Å². The lowest BCUT2D eigenvalue weighted by atomic mass is 9.96. The Bertz CT molecular complexity index is 844. The van der Waals surface area contributed by atoms with E-state index in [2.05, 4.69) is 29.1 Å². The van der Waals surface area contributed by atoms with Gasteiger partial charge in [-0.2, -0.15) is 0 Å². The number of benzene rings is 1. The molecule has 6 nitrogen and oxygen atoms in total. The summed E-state index contributed by atoms with van der Waals surface area (Å²) in [7, 11) is 0. The minimum absolute atomic E-state index is 0.123. The Balaban J connectivity index is 1.89. The van der Waals surface area contributed by atoms with Crippen LogP contribution in [0.25, 0.3) is 0 Å². The first-order chi connectivity index (χ1) is 12.9. The van der Waals surface area contributed by atoms with Gasteiger partial charge in [0.1, 0.15) is 5.69 Å². The van der Waals surface area contributed by atoms with Crippen LogP contribution in [0.1, 0.15) is 59.7 Å². The van der Waals surface area contributed by atoms with Crippen LogP contribution in [0.3, 0.4) is 0 Å². The van der Waals surface area contributed by atoms with Crippen LogP contribution in [0.4, 0.5) is 5.69 Å². The van der Waals surface area contributed by atoms with E-state index in [0.29, 0.717) is 16.3 Å². The molecule has 0 aliphatic carbocycles. The smallest absolute Gasteiger partial charge is 0.275 e. The van der Waals surface area contributed by atoms with Crippen LogP contribution in [0, 0.1) is 6.92 Å². The van der Waals surface area contributed by atoms with Crippen molar-refractivity contribution in [3.05, 3.63) is 52.6 Å². The lowest BCUT2D eigenvalue weighted by Gasteiger charge is -2.39. The molecular formula is C20H23ClN4O2. The van der Waals surface area contributed by atoms with E-state index in [0.717, 1.165) is 25.0 Å². The second-order valence-corrected chi connectivity index (χ2v) is 7.46. The number of nitrogens with one attached hydrogen (secondary N) is 1. The van der Waals surface area contributed by atoms with Gasteiger partial charge in [-0.25, -0.2) is 4.98 Å². The topological polar surface area (TPSA) is 75.2 Å². The second kappa shape index (κ2) is 8.05. The molecule has 1 aliphatic rings. The zero-order chi connectivity index (χ0) is 19.6. The number of hydrogen-bond donors (Lipinski definition) is 1. The molecule has 142 valence electrons. The summed E-state index contributed by atoms with van der Waals surface area (Å²) in [6.07, 6.45) is 5.99. The van der Waals surface area contributed by atoms with Crippen LogP contribution in [0.2, 0.25) is 5.02 Å². The number of carbonyl (C=O) groups excluding carboxylic acids is 2. The first-order valence-corrected chi connectivity index (χ1v) is 9.47. The number of likely N-dealkylation sites (tertiary alicyclic amines) is 1. The predicted molar refractivity (Wildman–Crippen MR) is 105 cm³/mol. The van der Waals surface area contributed by atoms with Gasteiger partial charge in [0.05, 0.1) is 23.1 Å². The molecule has 3 rings (SSSR count). The number of halogens is 1. The van der Waals surface area contributed by atoms with Gasteiger partial charge < -0.3 is 10.2 Å². The van der Waals surface area contributed by atoms with E-state index in [1.165, 1.54) is 12.4 Å². The molecule has 2 unspecified atom stereocenters. The molecule has 2 heterocycles. The third-order valence-corrected chi connectivity index (χ3v) is 5.14. The number of aryl methyl sites for hydroxylation is 1. The van der Waals surface area contributed by atoms with Gasteiger partial charge in [-0.1, -0.05) is 11.6 Å². The lowest BCUT2D eigenvalue weighted by Crippen LogP contribution is -2.47. The van der Waals surface area contributed by atoms with E-state index in [1.807, 2.05) is 4.90 Å². The average molecular weight is 387 g/mol. The van der Waals surface area contributed by atoms with Crippen LogP contribution in [-0.2, 0) is 0 Å². The third kappa shape index (κ3) is 4.27. The molecule has 1 aromatic carbocycles. The number of rotatable bonds is 3. The summed E-state index contributed by atoms with van der Waals surface area (Å²) in [5.74, 6) is -0.541. The molecule has 0 saturated carbocycles. The highest BCUT2D eigenvalue weighted by atomic mass is 35.5. The van der Waals surface area contributed by atoms with Crippen molar-refractivity contribution in [1.82, 2.24) is 14.9 Å². The van der Waals surface area contributed by atoms with Gasteiger partial charge in [0.2, 0.25) is 0 Å². The molecular weight excluding hydrogens is 364 g/mol. The molecule has 1 fully saturated rings. The van der Waals surface area contributed by atoms with Crippen LogP contribution in [0.15, 0.2) is 30.6 Å². The van der Waals surface area contributed by atoms with Crippen molar-refractivity contribution in [2.45, 2.75) is 52.1 Å². The van der Waals surface area contributed by atoms with Crippen LogP contribution >= 0.6 is 11.6 Å². The van der Waals surface area contributed by atoms with Crippen molar-refractivity contribution in [1.29, 1.82) is 0 Å². The van der Waals surface area contributed by atoms with E-state index in [1.54, 1.807) is 25.1 Å². The average Bonchev–Trinajstić information content (AvgIpc) is 2.63. The van der Waals surface area contributed by atoms with Crippen molar-refractivity contribution >= 4 is 29.1 Å². The molecule has 27 heavy (non-hydrogen) atoms. The Labute approximate surface area is 164 Å². The highest BCUT2D eigenvalue weighted by Gasteiger charge is 2.31. The van der Waals surface area contributed by atoms with E-state index in [-0.39, 0.29) is 23.7 Å². The molecule has 0 bridgehead atoms. The third-order valence-electron chi connectivity index (χ3n) is 4.90. The van der Waals surface area contributed by atoms with Gasteiger partial charge in [0, 0.05) is 23.3 Å². The largest absolute Gasteiger partial charge is 0.333 e. The van der Waals surface area contributed by atoms with Gasteiger partial charge in [-0.15, -0.1) is 0 Å². The highest BCUT2D eigenvalue weighted by Crippen LogP contribution is 2.29. The van der Waals surface area contributed by atoms with E-state index >= 15 is 0 Å². The van der Waals surface area contributed by atoms with Crippen molar-refractivity contribution in [3.63, 3.8) is 0 Å². The number of hydrogen-bond acceptors (Lipinski definition) is 4. The first-order valence-electron chi connectivity index (χ1n) is 9.09. The maximum atomic E-state index is 13.2. The summed E-state index contributed by atoms with van der Waals surface area (Å²) >= 11 is 6.14. The van der Waals surface area contributed by atoms with Crippen LogP contribution in [0.5, 0.6) is 0 Å². The van der Waals surface area contributed by atoms with Gasteiger partial charge in [-0.3, -0.25) is 14.6 Å². The summed E-state index contributed by atoms with van der Waals surface area (Å²) in [5.41, 5.74) is 1.72. The predicted octanol–water partition coefficient (Wildman–Crippen LogP) is 4.09. The van der Waals surface area contributed by atoms with Crippen molar-refractivity contribution in [2.75, 3.05) is 5.32 Å². The SMILES string of the molecule is Cc1cnc(C(=O)Nc2ccc(Cl)cc2C(=O)N2C(C)CCCC2C)cn1. The number of aromatic nitrogens is 2. The Hall–Kier alpha value is -2.47. The highest BCUT2D eigenvalue weighted by molar-refractivity contribution is 6.31. The molecule has 0 radical (unpaired) electrons. The zero-order valence-corrected chi connectivity index (χ0v) is 16.5. The molecule has 1 aromatic heterocycles. The quantitative estimate of drug-likeness (QED) is 0.861. The maximum Gasteiger partial charge on any atom is 0.275 e. The number of nitrogens with zero attached hydrogens (tertiary/aromatic N) is 3. The maximum absolute atomic E-state index is 13.2. The molecule has 2 amide bonds. The van der Waals surface area contributed by atoms with Gasteiger partial charge in [-0.05, 0) is 58.2 Å². The first kappa shape index (κ1) is 19.3. The molecule has 0 spiro atoms. The van der Waals surface area contributed by atoms with Gasteiger partial charge >= 0.3 is 0 Å². The second-order valence-electron chi connectivity index (χ2n) is 7.03. The van der Waals surface area contributed by atoms with Gasteiger partial charge in [0.25, 0.3) is 11.8 Å². The van der Waals surface area contributed by atoms with Crippen molar-refractivity contribution < 1.29 is 9.59 Å². The fourth-order valence-electron chi connectivity index (χ4n) is 3.46. The zero-order valence-electron chi connectivity index (χ0n) is 15.7. The summed E-state index contributed by atoms with van der Waals surface area (Å²) in [6.45, 7) is 5.90. The molecule has 1 saturated heterocycles. The standard InChI is InChI=1S/C20H23ClN4O2/c1-12-10-23-18(11-22-12)19(26)24-17-8-7-15(21)9-16(17)20(27)25-13(2)5-4-6-14(25)3/h7-11,13-14H,4-6H2,1-3H3,(H,24,26). The molecule has 2 aromatic rings. The number of anilines is 1. The Kier molecular flexibility index (Phi) is 5.75. The molecule has 1 aliphatic heterocycles. The molecule has 1 N–H and O–H groups in total.